The van der Waals surface area contributed by atoms with Gasteiger partial charge in [0.25, 0.3) is 10.2 Å². The van der Waals surface area contributed by atoms with Crippen LogP contribution in [0.5, 0.6) is 0 Å². The number of hydrogen-bond donors (Lipinski definition) is 2. The van der Waals surface area contributed by atoms with Crippen molar-refractivity contribution in [2.45, 2.75) is 88.7 Å². The van der Waals surface area contributed by atoms with Gasteiger partial charge in [-0.1, -0.05) is 18.6 Å². The number of carbonyl (C=O) groups is 4. The first-order valence-electron chi connectivity index (χ1n) is 15.6. The van der Waals surface area contributed by atoms with Crippen LogP contribution in [0.25, 0.3) is 0 Å². The molecule has 0 radical (unpaired) electrons. The van der Waals surface area contributed by atoms with Crippen molar-refractivity contribution in [3.8, 4) is 0 Å². The van der Waals surface area contributed by atoms with E-state index in [-0.39, 0.29) is 51.1 Å². The molecule has 0 saturated heterocycles. The van der Waals surface area contributed by atoms with E-state index in [0.29, 0.717) is 12.0 Å². The van der Waals surface area contributed by atoms with Crippen LogP contribution in [0.2, 0.25) is 0 Å². The van der Waals surface area contributed by atoms with Crippen LogP contribution in [0.1, 0.15) is 65.2 Å². The van der Waals surface area contributed by atoms with Crippen LogP contribution < -0.4 is 0 Å². The van der Waals surface area contributed by atoms with Gasteiger partial charge in [0.05, 0.1) is 25.9 Å². The second kappa shape index (κ2) is 14.1. The van der Waals surface area contributed by atoms with Crippen LogP contribution >= 0.6 is 0 Å². The van der Waals surface area contributed by atoms with Gasteiger partial charge in [-0.15, -0.1) is 20.2 Å². The predicted molar refractivity (Wildman–Crippen MR) is 155 cm³/mol. The maximum atomic E-state index is 17.5. The van der Waals surface area contributed by atoms with Crippen LogP contribution in [-0.2, 0) is 38.3 Å². The fraction of sp³-hybridized carbons (Fsp3) is 0.733. The molecule has 0 aromatic heterocycles. The van der Waals surface area contributed by atoms with E-state index in [1.807, 2.05) is 0 Å². The lowest BCUT2D eigenvalue weighted by molar-refractivity contribution is -0.757. The molecule has 0 bridgehead atoms. The number of halogens is 1. The number of unbranched alkanes of at least 4 members (excludes halogenated alkanes) is 1. The minimum atomic E-state index is -2.43. The monoisotopic (exact) mass is 686 g/mol. The summed E-state index contributed by atoms with van der Waals surface area (Å²) in [5.74, 6) is -4.22. The summed E-state index contributed by atoms with van der Waals surface area (Å²) in [5, 5.41) is 41.9. The van der Waals surface area contributed by atoms with Crippen LogP contribution in [0, 0.1) is 42.9 Å². The first kappa shape index (κ1) is 36.6. The van der Waals surface area contributed by atoms with E-state index in [1.54, 1.807) is 6.92 Å². The van der Waals surface area contributed by atoms with Gasteiger partial charge in [0, 0.05) is 23.2 Å². The summed E-state index contributed by atoms with van der Waals surface area (Å²) in [7, 11) is 0. The largest absolute Gasteiger partial charge is 0.508 e. The van der Waals surface area contributed by atoms with E-state index >= 15 is 4.39 Å². The highest BCUT2D eigenvalue weighted by atomic mass is 19.1. The Balaban J connectivity index is 1.58. The van der Waals surface area contributed by atoms with Crippen molar-refractivity contribution in [1.29, 1.82) is 0 Å². The third-order valence-corrected chi connectivity index (χ3v) is 10.5. The number of alkyl halides is 1. The van der Waals surface area contributed by atoms with Crippen LogP contribution in [0.15, 0.2) is 23.8 Å². The minimum absolute atomic E-state index is 0.148. The fourth-order valence-corrected chi connectivity index (χ4v) is 8.31. The number of nitrogens with zero attached hydrogens (tertiary/aromatic N) is 2. The number of rotatable bonds is 15. The maximum Gasteiger partial charge on any atom is 0.508 e. The number of carbonyl (C=O) groups excluding carboxylic acids is 4. The van der Waals surface area contributed by atoms with Gasteiger partial charge in [0.1, 0.15) is 6.10 Å². The Labute approximate surface area is 273 Å². The van der Waals surface area contributed by atoms with Gasteiger partial charge < -0.3 is 34.1 Å². The van der Waals surface area contributed by atoms with E-state index in [1.165, 1.54) is 25.2 Å². The molecule has 0 heterocycles. The molecular formula is C30H39FN2O15. The van der Waals surface area contributed by atoms with E-state index in [4.69, 9.17) is 14.2 Å². The fourth-order valence-electron chi connectivity index (χ4n) is 8.31. The normalized spacial score (nSPS) is 34.9. The maximum absolute atomic E-state index is 17.5. The molecule has 2 N–H and O–H groups in total. The number of ether oxygens (including phenoxy) is 3. The smallest absolute Gasteiger partial charge is 0.447 e. The number of ketones is 2. The van der Waals surface area contributed by atoms with Crippen molar-refractivity contribution in [2.24, 2.45) is 22.7 Å². The quantitative estimate of drug-likeness (QED) is 0.109. The molecule has 8 atom stereocenters. The van der Waals surface area contributed by atoms with Crippen molar-refractivity contribution in [3.05, 3.63) is 44.0 Å². The molecule has 3 fully saturated rings. The molecule has 0 aromatic carbocycles. The Morgan fingerprint density at radius 3 is 2.29 bits per heavy atom. The summed E-state index contributed by atoms with van der Waals surface area (Å²) >= 11 is 0. The Morgan fingerprint density at radius 1 is 0.979 bits per heavy atom. The number of esters is 1. The van der Waals surface area contributed by atoms with E-state index in [2.05, 4.69) is 9.68 Å². The topological polar surface area (TPSA) is 241 Å². The zero-order valence-corrected chi connectivity index (χ0v) is 26.5. The Bertz CT molecular complexity index is 1390. The van der Waals surface area contributed by atoms with Crippen molar-refractivity contribution in [2.75, 3.05) is 26.4 Å². The summed E-state index contributed by atoms with van der Waals surface area (Å²) < 4.78 is 33.2. The second-order valence-electron chi connectivity index (χ2n) is 13.0. The number of fused-ring (bicyclic) bond motifs is 5. The molecule has 266 valence electrons. The van der Waals surface area contributed by atoms with E-state index in [0.717, 1.165) is 0 Å². The number of aliphatic hydroxyl groups is 2. The summed E-state index contributed by atoms with van der Waals surface area (Å²) in [4.78, 5) is 80.7. The Morgan fingerprint density at radius 2 is 1.62 bits per heavy atom. The van der Waals surface area contributed by atoms with Crippen LogP contribution in [0.3, 0.4) is 0 Å². The number of hydrogen-bond acceptors (Lipinski definition) is 15. The second-order valence-corrected chi connectivity index (χ2v) is 13.0. The van der Waals surface area contributed by atoms with Gasteiger partial charge in [0.15, 0.2) is 18.1 Å². The highest BCUT2D eigenvalue weighted by molar-refractivity contribution is 6.01. The first-order chi connectivity index (χ1) is 22.5. The van der Waals surface area contributed by atoms with E-state index in [9.17, 15) is 49.6 Å². The lowest BCUT2D eigenvalue weighted by atomic mass is 9.44. The molecule has 0 amide bonds. The number of Topliss-reactive ketones (excluding diaryl/α,β-unsaturated/α-hetero) is 1. The molecular weight excluding hydrogens is 647 g/mol. The number of allylic oxidation sites excluding steroid dienone is 4. The van der Waals surface area contributed by atoms with Crippen molar-refractivity contribution < 1.29 is 67.8 Å². The first-order valence-corrected chi connectivity index (χ1v) is 15.6. The van der Waals surface area contributed by atoms with Gasteiger partial charge in [-0.2, -0.15) is 0 Å². The van der Waals surface area contributed by atoms with Gasteiger partial charge in [-0.25, -0.2) is 9.18 Å². The van der Waals surface area contributed by atoms with Crippen LogP contribution in [0.4, 0.5) is 9.18 Å². The summed E-state index contributed by atoms with van der Waals surface area (Å²) in [6.45, 7) is 1.12. The third-order valence-electron chi connectivity index (χ3n) is 10.5. The molecule has 48 heavy (non-hydrogen) atoms. The Hall–Kier alpha value is -4.19. The van der Waals surface area contributed by atoms with Crippen LogP contribution in [-0.4, -0.2) is 94.0 Å². The van der Waals surface area contributed by atoms with Gasteiger partial charge in [-0.05, 0) is 69.9 Å². The molecule has 4 aliphatic carbocycles. The molecule has 2 unspecified atom stereocenters. The SMILES string of the molecule is C[C@]12C=CC(=O)C=C1CCC1C3C[C@@H](O)[C@](OC(=O)CCCO[N+](=O)[O-])(C(=O)COC(=O)OCCCCO[N+](=O)[O-])[C@@]3(C)C[C@H](O)[C@@]12F. The molecule has 0 aliphatic heterocycles. The average Bonchev–Trinajstić information content (AvgIpc) is 3.22. The predicted octanol–water partition coefficient (Wildman–Crippen LogP) is 2.31. The standard InChI is InChI=1S/C30H39FN2O15/c1-27-10-9-19(34)14-18(27)7-8-20-21-15-22(35)30(28(21,2)16-23(36)29(20,27)31,48-25(38)6-5-13-47-33(42)43)24(37)17-45-26(39)44-11-3-4-12-46-32(40)41/h9-10,14,20-23,35-36H,3-8,11-13,15-17H2,1-2H3/t20?,21?,22-,23+,27+,28+,29+,30+/m1/s1. The van der Waals surface area contributed by atoms with Gasteiger partial charge in [0.2, 0.25) is 11.4 Å². The number of aliphatic hydroxyl groups excluding tert-OH is 2. The van der Waals surface area contributed by atoms with Gasteiger partial charge in [-0.3, -0.25) is 14.4 Å². The molecule has 3 saturated carbocycles. The van der Waals surface area contributed by atoms with Crippen molar-refractivity contribution in [3.63, 3.8) is 0 Å². The lowest BCUT2D eigenvalue weighted by Crippen LogP contribution is -2.70. The van der Waals surface area contributed by atoms with E-state index < -0.39 is 100 Å². The summed E-state index contributed by atoms with van der Waals surface area (Å²) in [5.41, 5.74) is -7.21. The van der Waals surface area contributed by atoms with Gasteiger partial charge >= 0.3 is 12.1 Å². The molecule has 0 aromatic rings. The summed E-state index contributed by atoms with van der Waals surface area (Å²) in [6.07, 6.45) is -1.31. The highest BCUT2D eigenvalue weighted by Gasteiger charge is 2.78. The average molecular weight is 687 g/mol. The molecule has 18 heteroatoms. The minimum Gasteiger partial charge on any atom is -0.447 e. The lowest BCUT2D eigenvalue weighted by Gasteiger charge is -2.62. The summed E-state index contributed by atoms with van der Waals surface area (Å²) in [6, 6.07) is 0. The third kappa shape index (κ3) is 6.46. The molecule has 0 spiro atoms. The molecule has 4 rings (SSSR count). The molecule has 17 nitrogen and oxygen atoms in total. The Kier molecular flexibility index (Phi) is 10.8. The molecule has 4 aliphatic rings. The van der Waals surface area contributed by atoms with Crippen molar-refractivity contribution >= 4 is 23.7 Å². The zero-order valence-electron chi connectivity index (χ0n) is 26.5. The zero-order chi connectivity index (χ0) is 35.5. The highest BCUT2D eigenvalue weighted by Crippen LogP contribution is 2.70. The van der Waals surface area contributed by atoms with Crippen molar-refractivity contribution in [1.82, 2.24) is 0 Å².